The second-order valence-electron chi connectivity index (χ2n) is 5.30. The molecule has 1 aliphatic heterocycles. The third kappa shape index (κ3) is 5.02. The van der Waals surface area contributed by atoms with Crippen molar-refractivity contribution in [2.24, 2.45) is 0 Å². The van der Waals surface area contributed by atoms with Gasteiger partial charge < -0.3 is 20.1 Å². The second-order valence-corrected chi connectivity index (χ2v) is 5.30. The van der Waals surface area contributed by atoms with Crippen LogP contribution in [0.15, 0.2) is 24.3 Å². The molecule has 0 bridgehead atoms. The Morgan fingerprint density at radius 1 is 1.35 bits per heavy atom. The van der Waals surface area contributed by atoms with Gasteiger partial charge in [-0.25, -0.2) is 0 Å². The molecule has 1 aromatic rings. The summed E-state index contributed by atoms with van der Waals surface area (Å²) < 4.78 is 11.4. The fourth-order valence-electron chi connectivity index (χ4n) is 2.50. The molecule has 1 heterocycles. The van der Waals surface area contributed by atoms with Gasteiger partial charge in [-0.3, -0.25) is 0 Å². The second kappa shape index (κ2) is 8.12. The fourth-order valence-corrected chi connectivity index (χ4v) is 2.50. The molecule has 1 atom stereocenters. The van der Waals surface area contributed by atoms with Crippen molar-refractivity contribution in [2.45, 2.75) is 32.3 Å². The number of likely N-dealkylation sites (N-methyl/N-ethyl adjacent to an activating group) is 1. The first-order chi connectivity index (χ1) is 9.78. The van der Waals surface area contributed by atoms with E-state index in [1.54, 1.807) is 0 Å². The van der Waals surface area contributed by atoms with Gasteiger partial charge in [-0.2, -0.15) is 0 Å². The molecule has 1 saturated heterocycles. The molecular weight excluding hydrogens is 252 g/mol. The van der Waals surface area contributed by atoms with Crippen LogP contribution < -0.4 is 10.5 Å². The van der Waals surface area contributed by atoms with Crippen LogP contribution >= 0.6 is 0 Å². The Morgan fingerprint density at radius 2 is 2.15 bits per heavy atom. The lowest BCUT2D eigenvalue weighted by Crippen LogP contribution is -2.33. The highest BCUT2D eigenvalue weighted by molar-refractivity contribution is 5.41. The van der Waals surface area contributed by atoms with Gasteiger partial charge in [0.05, 0.1) is 12.7 Å². The quantitative estimate of drug-likeness (QED) is 0.586. The van der Waals surface area contributed by atoms with Crippen molar-refractivity contribution in [3.63, 3.8) is 0 Å². The number of anilines is 1. The van der Waals surface area contributed by atoms with Gasteiger partial charge in [0.2, 0.25) is 0 Å². The van der Waals surface area contributed by atoms with E-state index in [1.807, 2.05) is 24.3 Å². The summed E-state index contributed by atoms with van der Waals surface area (Å²) in [6.45, 7) is 7.07. The van der Waals surface area contributed by atoms with Crippen LogP contribution in [0.1, 0.15) is 26.2 Å². The molecule has 0 spiro atoms. The lowest BCUT2D eigenvalue weighted by atomic mass is 10.2. The number of nitrogen functional groups attached to an aromatic ring is 1. The maximum absolute atomic E-state index is 5.71. The highest BCUT2D eigenvalue weighted by Crippen LogP contribution is 2.14. The lowest BCUT2D eigenvalue weighted by Gasteiger charge is -2.23. The third-order valence-electron chi connectivity index (χ3n) is 3.70. The molecular formula is C16H26N2O2. The topological polar surface area (TPSA) is 47.7 Å². The smallest absolute Gasteiger partial charge is 0.119 e. The summed E-state index contributed by atoms with van der Waals surface area (Å²) >= 11 is 0. The van der Waals surface area contributed by atoms with Gasteiger partial charge in [-0.05, 0) is 50.1 Å². The molecule has 2 N–H and O–H groups in total. The van der Waals surface area contributed by atoms with Crippen LogP contribution in [-0.4, -0.2) is 43.9 Å². The average molecular weight is 278 g/mol. The number of nitrogens with zero attached hydrogens (tertiary/aromatic N) is 1. The molecule has 0 aliphatic carbocycles. The molecule has 0 amide bonds. The Labute approximate surface area is 121 Å². The Balaban J connectivity index is 1.62. The molecule has 1 aliphatic rings. The van der Waals surface area contributed by atoms with Gasteiger partial charge in [0.1, 0.15) is 5.75 Å². The minimum Gasteiger partial charge on any atom is -0.494 e. The summed E-state index contributed by atoms with van der Waals surface area (Å²) in [4.78, 5) is 2.45. The maximum Gasteiger partial charge on any atom is 0.119 e. The first-order valence-electron chi connectivity index (χ1n) is 7.60. The number of ether oxygens (including phenoxy) is 2. The summed E-state index contributed by atoms with van der Waals surface area (Å²) in [6.07, 6.45) is 3.89. The van der Waals surface area contributed by atoms with E-state index in [2.05, 4.69) is 11.8 Å². The predicted molar refractivity (Wildman–Crippen MR) is 82.1 cm³/mol. The highest BCUT2D eigenvalue weighted by atomic mass is 16.5. The van der Waals surface area contributed by atoms with E-state index in [9.17, 15) is 0 Å². The molecule has 1 aromatic carbocycles. The summed E-state index contributed by atoms with van der Waals surface area (Å²) in [5.41, 5.74) is 6.41. The number of hydrogen-bond acceptors (Lipinski definition) is 4. The van der Waals surface area contributed by atoms with Gasteiger partial charge >= 0.3 is 0 Å². The number of rotatable bonds is 8. The van der Waals surface area contributed by atoms with Crippen LogP contribution in [0, 0.1) is 0 Å². The van der Waals surface area contributed by atoms with E-state index in [0.717, 1.165) is 50.7 Å². The summed E-state index contributed by atoms with van der Waals surface area (Å²) in [7, 11) is 0. The monoisotopic (exact) mass is 278 g/mol. The number of nitrogens with two attached hydrogens (primary N) is 1. The van der Waals surface area contributed by atoms with Gasteiger partial charge in [0, 0.05) is 25.4 Å². The van der Waals surface area contributed by atoms with Crippen LogP contribution in [0.5, 0.6) is 5.75 Å². The Hall–Kier alpha value is -1.26. The van der Waals surface area contributed by atoms with Crippen LogP contribution in [-0.2, 0) is 4.74 Å². The van der Waals surface area contributed by atoms with Crippen molar-refractivity contribution in [3.05, 3.63) is 24.3 Å². The van der Waals surface area contributed by atoms with Gasteiger partial charge in [-0.15, -0.1) is 0 Å². The lowest BCUT2D eigenvalue weighted by molar-refractivity contribution is 0.0730. The molecule has 0 saturated carbocycles. The van der Waals surface area contributed by atoms with Gasteiger partial charge in [0.25, 0.3) is 0 Å². The van der Waals surface area contributed by atoms with Crippen LogP contribution in [0.3, 0.4) is 0 Å². The normalized spacial score (nSPS) is 18.6. The van der Waals surface area contributed by atoms with E-state index >= 15 is 0 Å². The summed E-state index contributed by atoms with van der Waals surface area (Å²) in [5, 5.41) is 0. The minimum atomic E-state index is 0.438. The molecule has 4 heteroatoms. The molecule has 1 unspecified atom stereocenters. The molecule has 1 fully saturated rings. The highest BCUT2D eigenvalue weighted by Gasteiger charge is 2.18. The van der Waals surface area contributed by atoms with Crippen molar-refractivity contribution in [1.29, 1.82) is 0 Å². The standard InChI is InChI=1S/C16H26N2O2/c1-2-18(13-16-5-3-11-20-16)10-4-12-19-15-8-6-14(17)7-9-15/h6-9,16H,2-5,10-13,17H2,1H3. The van der Waals surface area contributed by atoms with E-state index in [-0.39, 0.29) is 0 Å². The van der Waals surface area contributed by atoms with E-state index in [0.29, 0.717) is 6.10 Å². The zero-order valence-corrected chi connectivity index (χ0v) is 12.4. The first kappa shape index (κ1) is 15.1. The fraction of sp³-hybridized carbons (Fsp3) is 0.625. The zero-order valence-electron chi connectivity index (χ0n) is 12.4. The predicted octanol–water partition coefficient (Wildman–Crippen LogP) is 2.54. The van der Waals surface area contributed by atoms with Gasteiger partial charge in [-0.1, -0.05) is 6.92 Å². The van der Waals surface area contributed by atoms with Crippen molar-refractivity contribution in [3.8, 4) is 5.75 Å². The number of benzene rings is 1. The van der Waals surface area contributed by atoms with Crippen molar-refractivity contribution in [2.75, 3.05) is 38.6 Å². The number of hydrogen-bond donors (Lipinski definition) is 1. The van der Waals surface area contributed by atoms with Crippen molar-refractivity contribution < 1.29 is 9.47 Å². The SMILES string of the molecule is CCN(CCCOc1ccc(N)cc1)CC1CCCO1. The van der Waals surface area contributed by atoms with E-state index in [4.69, 9.17) is 15.2 Å². The largest absolute Gasteiger partial charge is 0.494 e. The molecule has 112 valence electrons. The Bertz CT molecular complexity index is 375. The minimum absolute atomic E-state index is 0.438. The van der Waals surface area contributed by atoms with E-state index in [1.165, 1.54) is 12.8 Å². The maximum atomic E-state index is 5.71. The van der Waals surface area contributed by atoms with Crippen LogP contribution in [0.2, 0.25) is 0 Å². The molecule has 0 radical (unpaired) electrons. The van der Waals surface area contributed by atoms with Crippen LogP contribution in [0.4, 0.5) is 5.69 Å². The average Bonchev–Trinajstić information content (AvgIpc) is 2.97. The van der Waals surface area contributed by atoms with Crippen molar-refractivity contribution >= 4 is 5.69 Å². The summed E-state index contributed by atoms with van der Waals surface area (Å²) in [6, 6.07) is 7.56. The third-order valence-corrected chi connectivity index (χ3v) is 3.70. The van der Waals surface area contributed by atoms with Gasteiger partial charge in [0.15, 0.2) is 0 Å². The van der Waals surface area contributed by atoms with Crippen LogP contribution in [0.25, 0.3) is 0 Å². The summed E-state index contributed by atoms with van der Waals surface area (Å²) in [5.74, 6) is 0.890. The molecule has 4 nitrogen and oxygen atoms in total. The molecule has 20 heavy (non-hydrogen) atoms. The molecule has 0 aromatic heterocycles. The zero-order chi connectivity index (χ0) is 14.2. The van der Waals surface area contributed by atoms with E-state index < -0.39 is 0 Å². The van der Waals surface area contributed by atoms with Crippen molar-refractivity contribution in [1.82, 2.24) is 4.90 Å². The Morgan fingerprint density at radius 3 is 2.80 bits per heavy atom. The molecule has 2 rings (SSSR count). The Kier molecular flexibility index (Phi) is 6.15. The first-order valence-corrected chi connectivity index (χ1v) is 7.60.